The van der Waals surface area contributed by atoms with E-state index in [2.05, 4.69) is 4.90 Å². The maximum atomic E-state index is 12.5. The smallest absolute Gasteiger partial charge is 0.288 e. The fourth-order valence-electron chi connectivity index (χ4n) is 3.70. The third kappa shape index (κ3) is 2.60. The van der Waals surface area contributed by atoms with Gasteiger partial charge in [0.05, 0.1) is 17.8 Å². The molecule has 2 aliphatic rings. The number of benzene rings is 1. The van der Waals surface area contributed by atoms with Crippen LogP contribution in [0.2, 0.25) is 0 Å². The molecule has 3 heterocycles. The van der Waals surface area contributed by atoms with Gasteiger partial charge in [-0.25, -0.2) is 0 Å². The van der Waals surface area contributed by atoms with Crippen molar-refractivity contribution in [2.24, 2.45) is 7.05 Å². The summed E-state index contributed by atoms with van der Waals surface area (Å²) in [5.74, 6) is 0.404. The molecule has 0 aliphatic carbocycles. The molecule has 1 fully saturated rings. The normalized spacial score (nSPS) is 17.3. The van der Waals surface area contributed by atoms with Crippen molar-refractivity contribution in [2.75, 3.05) is 43.4 Å². The van der Waals surface area contributed by atoms with Gasteiger partial charge < -0.3 is 24.8 Å². The Morgan fingerprint density at radius 1 is 1.15 bits per heavy atom. The summed E-state index contributed by atoms with van der Waals surface area (Å²) in [5.41, 5.74) is 7.88. The van der Waals surface area contributed by atoms with Crippen molar-refractivity contribution in [3.63, 3.8) is 0 Å². The molecule has 0 bridgehead atoms. The Labute approximate surface area is 151 Å². The van der Waals surface area contributed by atoms with Crippen LogP contribution in [0.15, 0.2) is 40.9 Å². The van der Waals surface area contributed by atoms with Crippen LogP contribution in [0.25, 0.3) is 10.9 Å². The molecular weight excluding hydrogens is 332 g/mol. The maximum Gasteiger partial charge on any atom is 0.288 e. The second-order valence-electron chi connectivity index (χ2n) is 6.63. The van der Waals surface area contributed by atoms with E-state index in [0.29, 0.717) is 38.5 Å². The number of nitrogen functional groups attached to an aromatic ring is 1. The van der Waals surface area contributed by atoms with Gasteiger partial charge in [-0.1, -0.05) is 18.2 Å². The lowest BCUT2D eigenvalue weighted by molar-refractivity contribution is -0.130. The number of fused-ring (bicyclic) bond motifs is 1. The monoisotopic (exact) mass is 354 g/mol. The van der Waals surface area contributed by atoms with E-state index in [1.807, 2.05) is 30.3 Å². The van der Waals surface area contributed by atoms with Crippen LogP contribution in [0.1, 0.15) is 6.42 Å². The minimum atomic E-state index is -0.193. The van der Waals surface area contributed by atoms with Crippen molar-refractivity contribution in [2.45, 2.75) is 6.42 Å². The van der Waals surface area contributed by atoms with Gasteiger partial charge in [0.25, 0.3) is 11.5 Å². The number of amides is 1. The zero-order valence-corrected chi connectivity index (χ0v) is 14.8. The number of para-hydroxylation sites is 1. The van der Waals surface area contributed by atoms with E-state index in [1.165, 1.54) is 0 Å². The lowest BCUT2D eigenvalue weighted by atomic mass is 10.1. The largest absolute Gasteiger partial charge is 0.488 e. The number of nitrogens with two attached hydrogens (primary N) is 1. The molecule has 1 aromatic carbocycles. The molecule has 136 valence electrons. The van der Waals surface area contributed by atoms with Crippen LogP contribution in [0.3, 0.4) is 0 Å². The molecule has 0 atom stereocenters. The standard InChI is InChI=1S/C19H22N4O3/c1-21-14-6-3-2-5-13(14)17(16(20)19(21)25)22-8-10-23(11-9-22)18(24)15-7-4-12-26-15/h2-3,5-7H,4,8-12,20H2,1H3. The van der Waals surface area contributed by atoms with E-state index < -0.39 is 0 Å². The summed E-state index contributed by atoms with van der Waals surface area (Å²) in [7, 11) is 1.73. The summed E-state index contributed by atoms with van der Waals surface area (Å²) in [4.78, 5) is 28.9. The molecule has 2 aliphatic heterocycles. The average Bonchev–Trinajstić information content (AvgIpc) is 3.21. The highest BCUT2D eigenvalue weighted by Crippen LogP contribution is 2.31. The Balaban J connectivity index is 1.62. The Hall–Kier alpha value is -2.96. The highest BCUT2D eigenvalue weighted by molar-refractivity contribution is 5.98. The summed E-state index contributed by atoms with van der Waals surface area (Å²) in [5, 5.41) is 0.953. The summed E-state index contributed by atoms with van der Waals surface area (Å²) in [6, 6.07) is 7.76. The van der Waals surface area contributed by atoms with E-state index in [4.69, 9.17) is 10.5 Å². The molecule has 0 unspecified atom stereocenters. The highest BCUT2D eigenvalue weighted by atomic mass is 16.5. The number of nitrogens with zero attached hydrogens (tertiary/aromatic N) is 3. The fraction of sp³-hybridized carbons (Fsp3) is 0.368. The molecule has 2 aromatic rings. The molecule has 4 rings (SSSR count). The molecular formula is C19H22N4O3. The Morgan fingerprint density at radius 3 is 2.58 bits per heavy atom. The van der Waals surface area contributed by atoms with Crippen LogP contribution in [-0.4, -0.2) is 48.2 Å². The van der Waals surface area contributed by atoms with Gasteiger partial charge in [-0.3, -0.25) is 9.59 Å². The average molecular weight is 354 g/mol. The molecule has 7 nitrogen and oxygen atoms in total. The van der Waals surface area contributed by atoms with Crippen molar-refractivity contribution in [3.05, 3.63) is 46.5 Å². The van der Waals surface area contributed by atoms with Gasteiger partial charge in [0.2, 0.25) is 0 Å². The Morgan fingerprint density at radius 2 is 1.88 bits per heavy atom. The molecule has 2 N–H and O–H groups in total. The predicted octanol–water partition coefficient (Wildman–Crippen LogP) is 1.07. The first kappa shape index (κ1) is 16.5. The predicted molar refractivity (Wildman–Crippen MR) is 101 cm³/mol. The number of hydrogen-bond acceptors (Lipinski definition) is 5. The molecule has 1 amide bonds. The summed E-state index contributed by atoms with van der Waals surface area (Å²) < 4.78 is 6.96. The van der Waals surface area contributed by atoms with Gasteiger partial charge in [-0.05, 0) is 12.1 Å². The highest BCUT2D eigenvalue weighted by Gasteiger charge is 2.28. The molecule has 0 saturated carbocycles. The van der Waals surface area contributed by atoms with E-state index in [0.717, 1.165) is 23.0 Å². The van der Waals surface area contributed by atoms with Crippen LogP contribution >= 0.6 is 0 Å². The second-order valence-corrected chi connectivity index (χ2v) is 6.63. The van der Waals surface area contributed by atoms with Gasteiger partial charge in [0.15, 0.2) is 5.76 Å². The number of anilines is 2. The number of piperazine rings is 1. The quantitative estimate of drug-likeness (QED) is 0.873. The van der Waals surface area contributed by atoms with E-state index in [1.54, 1.807) is 16.5 Å². The van der Waals surface area contributed by atoms with Gasteiger partial charge in [0.1, 0.15) is 5.69 Å². The number of rotatable bonds is 2. The minimum Gasteiger partial charge on any atom is -0.488 e. The first-order valence-electron chi connectivity index (χ1n) is 8.82. The Kier molecular flexibility index (Phi) is 4.06. The number of aromatic nitrogens is 1. The number of hydrogen-bond donors (Lipinski definition) is 1. The van der Waals surface area contributed by atoms with E-state index in [-0.39, 0.29) is 17.2 Å². The molecule has 1 aromatic heterocycles. The third-order valence-corrected chi connectivity index (χ3v) is 5.11. The van der Waals surface area contributed by atoms with Crippen LogP contribution in [0.4, 0.5) is 11.4 Å². The number of ether oxygens (including phenoxy) is 1. The van der Waals surface area contributed by atoms with E-state index in [9.17, 15) is 9.59 Å². The summed E-state index contributed by atoms with van der Waals surface area (Å²) in [6.45, 7) is 2.97. The van der Waals surface area contributed by atoms with E-state index >= 15 is 0 Å². The van der Waals surface area contributed by atoms with Gasteiger partial charge in [-0.15, -0.1) is 0 Å². The van der Waals surface area contributed by atoms with Crippen LogP contribution in [-0.2, 0) is 16.6 Å². The first-order chi connectivity index (χ1) is 12.6. The van der Waals surface area contributed by atoms with Crippen molar-refractivity contribution < 1.29 is 9.53 Å². The number of aryl methyl sites for hydroxylation is 1. The SMILES string of the molecule is Cn1c(=O)c(N)c(N2CCN(C(=O)C3=CCCO3)CC2)c2ccccc21. The molecule has 0 radical (unpaired) electrons. The fourth-order valence-corrected chi connectivity index (χ4v) is 3.70. The van der Waals surface area contributed by atoms with Crippen LogP contribution in [0, 0.1) is 0 Å². The van der Waals surface area contributed by atoms with Crippen molar-refractivity contribution in [3.8, 4) is 0 Å². The number of pyridine rings is 1. The van der Waals surface area contributed by atoms with Crippen molar-refractivity contribution in [1.82, 2.24) is 9.47 Å². The third-order valence-electron chi connectivity index (χ3n) is 5.11. The van der Waals surface area contributed by atoms with Crippen LogP contribution in [0.5, 0.6) is 0 Å². The summed E-state index contributed by atoms with van der Waals surface area (Å²) in [6.07, 6.45) is 2.64. The van der Waals surface area contributed by atoms with Gasteiger partial charge in [0, 0.05) is 45.0 Å². The molecule has 7 heteroatoms. The lowest BCUT2D eigenvalue weighted by Crippen LogP contribution is -2.49. The summed E-state index contributed by atoms with van der Waals surface area (Å²) >= 11 is 0. The lowest BCUT2D eigenvalue weighted by Gasteiger charge is -2.37. The van der Waals surface area contributed by atoms with Gasteiger partial charge >= 0.3 is 0 Å². The van der Waals surface area contributed by atoms with Gasteiger partial charge in [-0.2, -0.15) is 0 Å². The van der Waals surface area contributed by atoms with Crippen molar-refractivity contribution >= 4 is 28.2 Å². The molecule has 26 heavy (non-hydrogen) atoms. The van der Waals surface area contributed by atoms with Crippen molar-refractivity contribution in [1.29, 1.82) is 0 Å². The zero-order chi connectivity index (χ0) is 18.3. The number of carbonyl (C=O) groups is 1. The molecule has 1 saturated heterocycles. The van der Waals surface area contributed by atoms with Crippen LogP contribution < -0.4 is 16.2 Å². The topological polar surface area (TPSA) is 80.8 Å². The molecule has 0 spiro atoms. The maximum absolute atomic E-state index is 12.5. The Bertz CT molecular complexity index is 955. The number of carbonyl (C=O) groups excluding carboxylic acids is 1. The zero-order valence-electron chi connectivity index (χ0n) is 14.8. The minimum absolute atomic E-state index is 0.0519. The second kappa shape index (κ2) is 6.40. The first-order valence-corrected chi connectivity index (χ1v) is 8.82.